The zero-order chi connectivity index (χ0) is 12.7. The highest BCUT2D eigenvalue weighted by Gasteiger charge is 2.06. The van der Waals surface area contributed by atoms with Gasteiger partial charge in [0.2, 0.25) is 0 Å². The molecular weight excluding hydrogens is 293 g/mol. The molecule has 0 aliphatic heterocycles. The van der Waals surface area contributed by atoms with Crippen molar-refractivity contribution < 1.29 is 18.6 Å². The Bertz CT molecular complexity index is 363. The van der Waals surface area contributed by atoms with Gasteiger partial charge in [-0.3, -0.25) is 0 Å². The summed E-state index contributed by atoms with van der Waals surface area (Å²) >= 11 is 3.07. The van der Waals surface area contributed by atoms with Crippen LogP contribution < -0.4 is 10.5 Å². The summed E-state index contributed by atoms with van der Waals surface area (Å²) in [5.41, 5.74) is 5.87. The van der Waals surface area contributed by atoms with Crippen molar-refractivity contribution in [3.05, 3.63) is 22.4 Å². The highest BCUT2D eigenvalue weighted by atomic mass is 79.9. The van der Waals surface area contributed by atoms with E-state index < -0.39 is 5.82 Å². The molecule has 0 radical (unpaired) electrons. The first kappa shape index (κ1) is 14.2. The molecule has 0 spiro atoms. The summed E-state index contributed by atoms with van der Waals surface area (Å²) in [6.45, 7) is 1.84. The second-order valence-corrected chi connectivity index (χ2v) is 4.11. The maximum atomic E-state index is 13.1. The normalized spacial score (nSPS) is 10.5. The summed E-state index contributed by atoms with van der Waals surface area (Å²) in [7, 11) is 1.61. The maximum absolute atomic E-state index is 13.1. The molecule has 0 aromatic heterocycles. The summed E-state index contributed by atoms with van der Waals surface area (Å²) in [6.07, 6.45) is 0. The van der Waals surface area contributed by atoms with Crippen LogP contribution in [0.3, 0.4) is 0 Å². The van der Waals surface area contributed by atoms with Crippen molar-refractivity contribution in [2.45, 2.75) is 0 Å². The maximum Gasteiger partial charge on any atom is 0.143 e. The van der Waals surface area contributed by atoms with Gasteiger partial charge in [0.25, 0.3) is 0 Å². The molecule has 0 aliphatic rings. The van der Waals surface area contributed by atoms with Crippen molar-refractivity contribution >= 4 is 21.6 Å². The van der Waals surface area contributed by atoms with E-state index in [1.54, 1.807) is 7.11 Å². The van der Waals surface area contributed by atoms with Crippen LogP contribution in [-0.4, -0.2) is 33.5 Å². The number of hydrogen-bond donors (Lipinski definition) is 1. The lowest BCUT2D eigenvalue weighted by atomic mass is 10.3. The Morgan fingerprint density at radius 1 is 1.24 bits per heavy atom. The quantitative estimate of drug-likeness (QED) is 0.620. The Hall–Kier alpha value is -0.850. The van der Waals surface area contributed by atoms with Crippen molar-refractivity contribution in [3.63, 3.8) is 0 Å². The van der Waals surface area contributed by atoms with E-state index in [-0.39, 0.29) is 5.69 Å². The van der Waals surface area contributed by atoms with Gasteiger partial charge in [0, 0.05) is 13.2 Å². The SMILES string of the molecule is COCCOCCOc1cc(Br)c(F)cc1N. The third kappa shape index (κ3) is 4.89. The number of hydrogen-bond acceptors (Lipinski definition) is 4. The number of nitrogens with two attached hydrogens (primary N) is 1. The Morgan fingerprint density at radius 2 is 1.94 bits per heavy atom. The van der Waals surface area contributed by atoms with E-state index in [2.05, 4.69) is 15.9 Å². The van der Waals surface area contributed by atoms with Crippen LogP contribution in [0.5, 0.6) is 5.75 Å². The van der Waals surface area contributed by atoms with Gasteiger partial charge in [-0.25, -0.2) is 4.39 Å². The van der Waals surface area contributed by atoms with Crippen LogP contribution in [0.1, 0.15) is 0 Å². The third-order valence-electron chi connectivity index (χ3n) is 1.97. The van der Waals surface area contributed by atoms with E-state index in [1.165, 1.54) is 12.1 Å². The number of rotatable bonds is 7. The number of nitrogen functional groups attached to an aromatic ring is 1. The van der Waals surface area contributed by atoms with Gasteiger partial charge in [-0.05, 0) is 22.0 Å². The minimum absolute atomic E-state index is 0.266. The topological polar surface area (TPSA) is 53.7 Å². The van der Waals surface area contributed by atoms with Crippen LogP contribution in [0, 0.1) is 5.82 Å². The monoisotopic (exact) mass is 307 g/mol. The zero-order valence-corrected chi connectivity index (χ0v) is 11.1. The van der Waals surface area contributed by atoms with Gasteiger partial charge in [0.15, 0.2) is 0 Å². The lowest BCUT2D eigenvalue weighted by Crippen LogP contribution is -2.10. The molecule has 6 heteroatoms. The second kappa shape index (κ2) is 7.47. The average molecular weight is 308 g/mol. The number of ether oxygens (including phenoxy) is 3. The Morgan fingerprint density at radius 3 is 2.65 bits per heavy atom. The van der Waals surface area contributed by atoms with Gasteiger partial charge in [-0.1, -0.05) is 0 Å². The van der Waals surface area contributed by atoms with Gasteiger partial charge in [0.05, 0.1) is 30.0 Å². The molecule has 1 aromatic carbocycles. The second-order valence-electron chi connectivity index (χ2n) is 3.26. The molecule has 0 atom stereocenters. The molecule has 0 bridgehead atoms. The lowest BCUT2D eigenvalue weighted by molar-refractivity contribution is 0.0545. The molecule has 0 unspecified atom stereocenters. The summed E-state index contributed by atoms with van der Waals surface area (Å²) in [5.74, 6) is 0.0276. The summed E-state index contributed by atoms with van der Waals surface area (Å²) in [4.78, 5) is 0. The fraction of sp³-hybridized carbons (Fsp3) is 0.455. The first-order chi connectivity index (χ1) is 8.15. The summed E-state index contributed by atoms with van der Waals surface area (Å²) in [6, 6.07) is 2.71. The number of benzene rings is 1. The Balaban J connectivity index is 2.34. The summed E-state index contributed by atoms with van der Waals surface area (Å²) < 4.78 is 28.8. The molecule has 1 aromatic rings. The fourth-order valence-electron chi connectivity index (χ4n) is 1.12. The van der Waals surface area contributed by atoms with Gasteiger partial charge < -0.3 is 19.9 Å². The van der Waals surface area contributed by atoms with Crippen LogP contribution in [0.25, 0.3) is 0 Å². The van der Waals surface area contributed by atoms with E-state index in [0.717, 1.165) is 0 Å². The molecule has 1 rings (SSSR count). The number of anilines is 1. The van der Waals surface area contributed by atoms with Crippen LogP contribution in [0.2, 0.25) is 0 Å². The molecule has 2 N–H and O–H groups in total. The molecule has 0 amide bonds. The highest BCUT2D eigenvalue weighted by molar-refractivity contribution is 9.10. The number of halogens is 2. The molecular formula is C11H15BrFNO3. The van der Waals surface area contributed by atoms with Crippen molar-refractivity contribution in [1.29, 1.82) is 0 Å². The third-order valence-corrected chi connectivity index (χ3v) is 2.58. The predicted octanol–water partition coefficient (Wildman–Crippen LogP) is 2.21. The van der Waals surface area contributed by atoms with E-state index in [0.29, 0.717) is 36.6 Å². The molecule has 0 fully saturated rings. The highest BCUT2D eigenvalue weighted by Crippen LogP contribution is 2.28. The van der Waals surface area contributed by atoms with Crippen LogP contribution >= 0.6 is 15.9 Å². The van der Waals surface area contributed by atoms with E-state index in [4.69, 9.17) is 19.9 Å². The van der Waals surface area contributed by atoms with Gasteiger partial charge in [-0.2, -0.15) is 0 Å². The number of methoxy groups -OCH3 is 1. The van der Waals surface area contributed by atoms with Crippen LogP contribution in [0.4, 0.5) is 10.1 Å². The molecule has 96 valence electrons. The van der Waals surface area contributed by atoms with Crippen molar-refractivity contribution in [2.75, 3.05) is 39.3 Å². The van der Waals surface area contributed by atoms with Crippen molar-refractivity contribution in [1.82, 2.24) is 0 Å². The standard InChI is InChI=1S/C11H15BrFNO3/c1-15-2-3-16-4-5-17-11-6-8(12)9(13)7-10(11)14/h6-7H,2-5,14H2,1H3. The first-order valence-electron chi connectivity index (χ1n) is 5.09. The van der Waals surface area contributed by atoms with E-state index >= 15 is 0 Å². The Kier molecular flexibility index (Phi) is 6.25. The van der Waals surface area contributed by atoms with Crippen LogP contribution in [-0.2, 0) is 9.47 Å². The minimum Gasteiger partial charge on any atom is -0.489 e. The average Bonchev–Trinajstić information content (AvgIpc) is 2.30. The fourth-order valence-corrected chi connectivity index (χ4v) is 1.45. The van der Waals surface area contributed by atoms with E-state index in [9.17, 15) is 4.39 Å². The lowest BCUT2D eigenvalue weighted by Gasteiger charge is -2.10. The van der Waals surface area contributed by atoms with Gasteiger partial charge in [-0.15, -0.1) is 0 Å². The zero-order valence-electron chi connectivity index (χ0n) is 9.54. The minimum atomic E-state index is -0.411. The molecule has 17 heavy (non-hydrogen) atoms. The summed E-state index contributed by atoms with van der Waals surface area (Å²) in [5, 5.41) is 0. The molecule has 0 aliphatic carbocycles. The largest absolute Gasteiger partial charge is 0.489 e. The molecule has 0 saturated heterocycles. The van der Waals surface area contributed by atoms with Crippen LogP contribution in [0.15, 0.2) is 16.6 Å². The molecule has 0 saturated carbocycles. The molecule has 4 nitrogen and oxygen atoms in total. The van der Waals surface area contributed by atoms with Crippen molar-refractivity contribution in [3.8, 4) is 5.75 Å². The van der Waals surface area contributed by atoms with E-state index in [1.807, 2.05) is 0 Å². The Labute approximate surface area is 108 Å². The smallest absolute Gasteiger partial charge is 0.143 e. The molecule has 0 heterocycles. The predicted molar refractivity (Wildman–Crippen MR) is 66.7 cm³/mol. The van der Waals surface area contributed by atoms with Gasteiger partial charge >= 0.3 is 0 Å². The van der Waals surface area contributed by atoms with Crippen molar-refractivity contribution in [2.24, 2.45) is 0 Å². The first-order valence-corrected chi connectivity index (χ1v) is 5.88. The van der Waals surface area contributed by atoms with Gasteiger partial charge in [0.1, 0.15) is 18.2 Å².